The van der Waals surface area contributed by atoms with Crippen LogP contribution < -0.4 is 0 Å². The Labute approximate surface area is 103 Å². The molecule has 0 unspecified atom stereocenters. The third-order valence-electron chi connectivity index (χ3n) is 1.92. The van der Waals surface area contributed by atoms with Crippen LogP contribution in [0.5, 0.6) is 0 Å². The Morgan fingerprint density at radius 3 is 1.94 bits per heavy atom. The molecule has 2 heteroatoms. The van der Waals surface area contributed by atoms with Crippen LogP contribution in [0.25, 0.3) is 12.2 Å². The summed E-state index contributed by atoms with van der Waals surface area (Å²) in [6, 6.07) is 8.06. The SMILES string of the molecule is C=C(C)C(=O)OC.C=Cc1cccc(C=C)c1. The van der Waals surface area contributed by atoms with Crippen LogP contribution in [-0.2, 0) is 9.53 Å². The van der Waals surface area contributed by atoms with E-state index in [0.29, 0.717) is 5.57 Å². The van der Waals surface area contributed by atoms with Gasteiger partial charge in [-0.25, -0.2) is 4.79 Å². The van der Waals surface area contributed by atoms with Crippen LogP contribution in [-0.4, -0.2) is 13.1 Å². The number of ether oxygens (including phenoxy) is 1. The van der Waals surface area contributed by atoms with E-state index < -0.39 is 0 Å². The van der Waals surface area contributed by atoms with Crippen molar-refractivity contribution in [3.05, 3.63) is 60.7 Å². The first-order valence-corrected chi connectivity index (χ1v) is 5.14. The van der Waals surface area contributed by atoms with Gasteiger partial charge >= 0.3 is 5.97 Å². The lowest BCUT2D eigenvalue weighted by atomic mass is 10.1. The highest BCUT2D eigenvalue weighted by atomic mass is 16.5. The standard InChI is InChI=1S/C10H10.C5H8O2/c1-3-9-6-5-7-10(4-2)8-9;1-4(2)5(6)7-3/h3-8H,1-2H2;1H2,2-3H3. The Morgan fingerprint density at radius 2 is 1.71 bits per heavy atom. The van der Waals surface area contributed by atoms with Gasteiger partial charge in [0.15, 0.2) is 0 Å². The molecule has 0 fully saturated rings. The summed E-state index contributed by atoms with van der Waals surface area (Å²) in [6.07, 6.45) is 3.65. The van der Waals surface area contributed by atoms with Crippen LogP contribution in [0, 0.1) is 0 Å². The van der Waals surface area contributed by atoms with Gasteiger partial charge in [0.25, 0.3) is 0 Å². The first-order chi connectivity index (χ1) is 8.04. The van der Waals surface area contributed by atoms with E-state index in [-0.39, 0.29) is 5.97 Å². The highest BCUT2D eigenvalue weighted by Gasteiger charge is 1.95. The van der Waals surface area contributed by atoms with Gasteiger partial charge in [0, 0.05) is 5.57 Å². The molecule has 0 heterocycles. The Bertz CT molecular complexity index is 393. The van der Waals surface area contributed by atoms with E-state index in [0.717, 1.165) is 11.1 Å². The highest BCUT2D eigenvalue weighted by Crippen LogP contribution is 2.06. The molecule has 0 aliphatic rings. The van der Waals surface area contributed by atoms with Crippen molar-refractivity contribution in [2.75, 3.05) is 7.11 Å². The molecule has 1 rings (SSSR count). The zero-order valence-corrected chi connectivity index (χ0v) is 10.4. The molecule has 0 aromatic heterocycles. The van der Waals surface area contributed by atoms with Crippen molar-refractivity contribution in [3.63, 3.8) is 0 Å². The van der Waals surface area contributed by atoms with Crippen LogP contribution in [0.2, 0.25) is 0 Å². The van der Waals surface area contributed by atoms with E-state index in [4.69, 9.17) is 0 Å². The van der Waals surface area contributed by atoms with E-state index in [2.05, 4.69) is 24.5 Å². The molecule has 1 aromatic rings. The summed E-state index contributed by atoms with van der Waals surface area (Å²) >= 11 is 0. The Hall–Kier alpha value is -2.09. The minimum atomic E-state index is -0.347. The molecule has 0 atom stereocenters. The molecule has 0 N–H and O–H groups in total. The van der Waals surface area contributed by atoms with Gasteiger partial charge in [0.1, 0.15) is 0 Å². The predicted molar refractivity (Wildman–Crippen MR) is 73.5 cm³/mol. The van der Waals surface area contributed by atoms with Gasteiger partial charge in [-0.3, -0.25) is 0 Å². The van der Waals surface area contributed by atoms with Gasteiger partial charge in [0.2, 0.25) is 0 Å². The fourth-order valence-electron chi connectivity index (χ4n) is 0.987. The molecule has 90 valence electrons. The Kier molecular flexibility index (Phi) is 7.11. The average Bonchev–Trinajstić information content (AvgIpc) is 2.38. The second-order valence-corrected chi connectivity index (χ2v) is 3.35. The van der Waals surface area contributed by atoms with Crippen molar-refractivity contribution in [1.29, 1.82) is 0 Å². The average molecular weight is 230 g/mol. The molecule has 17 heavy (non-hydrogen) atoms. The topological polar surface area (TPSA) is 26.3 Å². The van der Waals surface area contributed by atoms with Crippen LogP contribution in [0.3, 0.4) is 0 Å². The third-order valence-corrected chi connectivity index (χ3v) is 1.92. The first-order valence-electron chi connectivity index (χ1n) is 5.14. The van der Waals surface area contributed by atoms with E-state index in [1.54, 1.807) is 6.92 Å². The lowest BCUT2D eigenvalue weighted by Crippen LogP contribution is -1.98. The number of benzene rings is 1. The van der Waals surface area contributed by atoms with Crippen molar-refractivity contribution in [2.24, 2.45) is 0 Å². The van der Waals surface area contributed by atoms with Gasteiger partial charge < -0.3 is 4.74 Å². The normalized spacial score (nSPS) is 8.35. The minimum absolute atomic E-state index is 0.347. The smallest absolute Gasteiger partial charge is 0.332 e. The Balaban J connectivity index is 0.000000325. The number of hydrogen-bond donors (Lipinski definition) is 0. The summed E-state index contributed by atoms with van der Waals surface area (Å²) in [5.41, 5.74) is 2.71. The molecule has 2 nitrogen and oxygen atoms in total. The van der Waals surface area contributed by atoms with Crippen LogP contribution in [0.15, 0.2) is 49.6 Å². The summed E-state index contributed by atoms with van der Waals surface area (Å²) < 4.78 is 4.27. The predicted octanol–water partition coefficient (Wildman–Crippen LogP) is 3.71. The monoisotopic (exact) mass is 230 g/mol. The minimum Gasteiger partial charge on any atom is -0.466 e. The highest BCUT2D eigenvalue weighted by molar-refractivity contribution is 5.86. The largest absolute Gasteiger partial charge is 0.466 e. The maximum Gasteiger partial charge on any atom is 0.332 e. The van der Waals surface area contributed by atoms with Crippen molar-refractivity contribution in [3.8, 4) is 0 Å². The summed E-state index contributed by atoms with van der Waals surface area (Å²) in [4.78, 5) is 10.2. The number of hydrogen-bond acceptors (Lipinski definition) is 2. The molecular weight excluding hydrogens is 212 g/mol. The van der Waals surface area contributed by atoms with Crippen molar-refractivity contribution in [1.82, 2.24) is 0 Å². The fourth-order valence-corrected chi connectivity index (χ4v) is 0.987. The summed E-state index contributed by atoms with van der Waals surface area (Å²) in [6.45, 7) is 12.3. The lowest BCUT2D eigenvalue weighted by Gasteiger charge is -1.93. The van der Waals surface area contributed by atoms with Crippen LogP contribution in [0.1, 0.15) is 18.1 Å². The maximum atomic E-state index is 10.2. The zero-order valence-electron chi connectivity index (χ0n) is 10.4. The van der Waals surface area contributed by atoms with E-state index in [1.807, 2.05) is 36.4 Å². The lowest BCUT2D eigenvalue weighted by molar-refractivity contribution is -0.136. The van der Waals surface area contributed by atoms with Gasteiger partial charge in [0.05, 0.1) is 7.11 Å². The zero-order chi connectivity index (χ0) is 13.3. The van der Waals surface area contributed by atoms with Crippen LogP contribution in [0.4, 0.5) is 0 Å². The number of methoxy groups -OCH3 is 1. The molecule has 0 saturated carbocycles. The van der Waals surface area contributed by atoms with E-state index in [1.165, 1.54) is 7.11 Å². The maximum absolute atomic E-state index is 10.2. The van der Waals surface area contributed by atoms with Gasteiger partial charge in [-0.05, 0) is 24.1 Å². The second kappa shape index (κ2) is 8.11. The van der Waals surface area contributed by atoms with Crippen molar-refractivity contribution < 1.29 is 9.53 Å². The number of rotatable bonds is 3. The quantitative estimate of drug-likeness (QED) is 0.584. The molecule has 1 aromatic carbocycles. The summed E-state index contributed by atoms with van der Waals surface area (Å²) in [7, 11) is 1.33. The number of carbonyl (C=O) groups excluding carboxylic acids is 1. The first kappa shape index (κ1) is 14.9. The molecule has 0 amide bonds. The number of esters is 1. The fraction of sp³-hybridized carbons (Fsp3) is 0.133. The van der Waals surface area contributed by atoms with E-state index >= 15 is 0 Å². The molecule has 0 saturated heterocycles. The van der Waals surface area contributed by atoms with Crippen molar-refractivity contribution in [2.45, 2.75) is 6.92 Å². The van der Waals surface area contributed by atoms with Gasteiger partial charge in [-0.15, -0.1) is 0 Å². The van der Waals surface area contributed by atoms with E-state index in [9.17, 15) is 4.79 Å². The molecule has 0 bridgehead atoms. The molecule has 0 aliphatic carbocycles. The third kappa shape index (κ3) is 6.15. The van der Waals surface area contributed by atoms with Gasteiger partial charge in [-0.1, -0.05) is 50.1 Å². The summed E-state index contributed by atoms with van der Waals surface area (Å²) in [5, 5.41) is 0. The molecule has 0 radical (unpaired) electrons. The van der Waals surface area contributed by atoms with Crippen LogP contribution >= 0.6 is 0 Å². The molecular formula is C15H18O2. The second-order valence-electron chi connectivity index (χ2n) is 3.35. The molecule has 0 aliphatic heterocycles. The Morgan fingerprint density at radius 1 is 1.24 bits per heavy atom. The van der Waals surface area contributed by atoms with Crippen molar-refractivity contribution >= 4 is 18.1 Å². The number of carbonyl (C=O) groups is 1. The summed E-state index contributed by atoms with van der Waals surface area (Å²) in [5.74, 6) is -0.347. The van der Waals surface area contributed by atoms with Gasteiger partial charge in [-0.2, -0.15) is 0 Å². The molecule has 0 spiro atoms.